The lowest BCUT2D eigenvalue weighted by atomic mass is 10.1. The Kier molecular flexibility index (Phi) is 6.86. The number of ether oxygens (including phenoxy) is 1. The first-order valence-electron chi connectivity index (χ1n) is 11.6. The molecule has 10 heteroatoms. The third-order valence-electron chi connectivity index (χ3n) is 6.06. The molecule has 1 aromatic heterocycles. The van der Waals surface area contributed by atoms with E-state index in [1.54, 1.807) is 0 Å². The molecule has 7 nitrogen and oxygen atoms in total. The van der Waals surface area contributed by atoms with Gasteiger partial charge in [0, 0.05) is 33.1 Å². The highest BCUT2D eigenvalue weighted by atomic mass is 32.2. The topological polar surface area (TPSA) is 75.6 Å². The normalized spacial score (nSPS) is 13.7. The van der Waals surface area contributed by atoms with Gasteiger partial charge in [-0.1, -0.05) is 30.3 Å². The average molecular weight is 523 g/mol. The van der Waals surface area contributed by atoms with E-state index in [2.05, 4.69) is 4.98 Å². The molecule has 1 aliphatic rings. The summed E-state index contributed by atoms with van der Waals surface area (Å²) in [6, 6.07) is 20.1. The summed E-state index contributed by atoms with van der Waals surface area (Å²) in [5.41, 5.74) is 2.27. The molecule has 0 aliphatic carbocycles. The Morgan fingerprint density at radius 2 is 1.57 bits per heavy atom. The molecule has 0 atom stereocenters. The summed E-state index contributed by atoms with van der Waals surface area (Å²) in [6.45, 7) is 0.733. The highest BCUT2D eigenvalue weighted by Crippen LogP contribution is 2.33. The van der Waals surface area contributed by atoms with Gasteiger partial charge in [0.15, 0.2) is 0 Å². The van der Waals surface area contributed by atoms with E-state index in [0.29, 0.717) is 35.9 Å². The Hall–Kier alpha value is -3.89. The fraction of sp³-hybridized carbons (Fsp3) is 0.185. The summed E-state index contributed by atoms with van der Waals surface area (Å²) >= 11 is 0. The molecule has 0 bridgehead atoms. The lowest BCUT2D eigenvalue weighted by Crippen LogP contribution is -2.37. The predicted molar refractivity (Wildman–Crippen MR) is 135 cm³/mol. The molecule has 0 saturated carbocycles. The maximum Gasteiger partial charge on any atom is 0.243 e. The van der Waals surface area contributed by atoms with Crippen molar-refractivity contribution in [1.82, 2.24) is 14.3 Å². The average Bonchev–Trinajstić information content (AvgIpc) is 2.90. The zero-order valence-corrected chi connectivity index (χ0v) is 20.8. The van der Waals surface area contributed by atoms with Gasteiger partial charge in [0.25, 0.3) is 0 Å². The minimum absolute atomic E-state index is 0.00140. The highest BCUT2D eigenvalue weighted by molar-refractivity contribution is 7.89. The van der Waals surface area contributed by atoms with Crippen LogP contribution in [-0.4, -0.2) is 36.3 Å². The Labute approximate surface area is 214 Å². The molecule has 2 heterocycles. The second kappa shape index (κ2) is 10.2. The Morgan fingerprint density at radius 1 is 0.919 bits per heavy atom. The SMILES string of the molecule is CN(Cc1ccccc1)c1nc2c(c(Oc3ccc(F)cc3)n1)CN(S(=O)(=O)c1ccc(F)cc1)CC2. The van der Waals surface area contributed by atoms with Crippen molar-refractivity contribution in [3.8, 4) is 11.6 Å². The van der Waals surface area contributed by atoms with E-state index >= 15 is 0 Å². The molecule has 0 N–H and O–H groups in total. The van der Waals surface area contributed by atoms with Crippen molar-refractivity contribution in [2.75, 3.05) is 18.5 Å². The quantitative estimate of drug-likeness (QED) is 0.343. The maximum atomic E-state index is 13.5. The van der Waals surface area contributed by atoms with Crippen LogP contribution >= 0.6 is 0 Å². The van der Waals surface area contributed by atoms with Crippen molar-refractivity contribution in [2.45, 2.75) is 24.4 Å². The predicted octanol–water partition coefficient (Wildman–Crippen LogP) is 4.93. The second-order valence-electron chi connectivity index (χ2n) is 8.69. The van der Waals surface area contributed by atoms with Crippen LogP contribution in [0, 0.1) is 11.6 Å². The number of aromatic nitrogens is 2. The number of nitrogens with zero attached hydrogens (tertiary/aromatic N) is 4. The molecule has 0 spiro atoms. The second-order valence-corrected chi connectivity index (χ2v) is 10.6. The van der Waals surface area contributed by atoms with Gasteiger partial charge in [-0.15, -0.1) is 0 Å². The van der Waals surface area contributed by atoms with E-state index in [9.17, 15) is 17.2 Å². The summed E-state index contributed by atoms with van der Waals surface area (Å²) < 4.78 is 60.7. The number of hydrogen-bond acceptors (Lipinski definition) is 6. The summed E-state index contributed by atoms with van der Waals surface area (Å²) in [6.07, 6.45) is 0.338. The first-order valence-corrected chi connectivity index (χ1v) is 13.1. The molecular weight excluding hydrogens is 498 g/mol. The molecular formula is C27H24F2N4O3S. The third kappa shape index (κ3) is 5.45. The molecule has 37 heavy (non-hydrogen) atoms. The van der Waals surface area contributed by atoms with Gasteiger partial charge in [-0.2, -0.15) is 9.29 Å². The van der Waals surface area contributed by atoms with Crippen LogP contribution in [0.4, 0.5) is 14.7 Å². The molecule has 5 rings (SSSR count). The molecule has 4 aromatic rings. The van der Waals surface area contributed by atoms with Gasteiger partial charge in [-0.25, -0.2) is 22.2 Å². The van der Waals surface area contributed by atoms with Gasteiger partial charge in [-0.05, 0) is 54.1 Å². The molecule has 190 valence electrons. The summed E-state index contributed by atoms with van der Waals surface area (Å²) in [4.78, 5) is 11.2. The standard InChI is InChI=1S/C27H24F2N4O3S/c1-32(17-19-5-3-2-4-6-19)27-30-25-15-16-33(37(34,35)23-13-9-21(29)10-14-23)18-24(25)26(31-27)36-22-11-7-20(28)8-12-22/h2-14H,15-18H2,1H3. The van der Waals surface area contributed by atoms with Gasteiger partial charge in [-0.3, -0.25) is 0 Å². The van der Waals surface area contributed by atoms with Gasteiger partial charge < -0.3 is 9.64 Å². The number of rotatable bonds is 7. The summed E-state index contributed by atoms with van der Waals surface area (Å²) in [5.74, 6) is 0.0629. The fourth-order valence-electron chi connectivity index (χ4n) is 4.10. The van der Waals surface area contributed by atoms with E-state index < -0.39 is 21.7 Å². The van der Waals surface area contributed by atoms with Crippen LogP contribution in [0.25, 0.3) is 0 Å². The molecule has 0 amide bonds. The van der Waals surface area contributed by atoms with Crippen LogP contribution in [0.2, 0.25) is 0 Å². The summed E-state index contributed by atoms with van der Waals surface area (Å²) in [7, 11) is -2.02. The monoisotopic (exact) mass is 522 g/mol. The smallest absolute Gasteiger partial charge is 0.243 e. The fourth-order valence-corrected chi connectivity index (χ4v) is 5.51. The van der Waals surface area contributed by atoms with Crippen molar-refractivity contribution in [1.29, 1.82) is 0 Å². The highest BCUT2D eigenvalue weighted by Gasteiger charge is 2.32. The van der Waals surface area contributed by atoms with Crippen molar-refractivity contribution >= 4 is 16.0 Å². The van der Waals surface area contributed by atoms with Crippen LogP contribution in [0.3, 0.4) is 0 Å². The summed E-state index contributed by atoms with van der Waals surface area (Å²) in [5, 5.41) is 0. The zero-order valence-electron chi connectivity index (χ0n) is 20.0. The molecule has 3 aromatic carbocycles. The van der Waals surface area contributed by atoms with E-state index in [4.69, 9.17) is 9.72 Å². The van der Waals surface area contributed by atoms with E-state index in [1.165, 1.54) is 40.7 Å². The van der Waals surface area contributed by atoms with Gasteiger partial charge in [0.1, 0.15) is 17.4 Å². The number of halogens is 2. The van der Waals surface area contributed by atoms with Crippen LogP contribution < -0.4 is 9.64 Å². The van der Waals surface area contributed by atoms with Crippen LogP contribution in [0.15, 0.2) is 83.8 Å². The first-order chi connectivity index (χ1) is 17.8. The first kappa shape index (κ1) is 24.8. The largest absolute Gasteiger partial charge is 0.438 e. The third-order valence-corrected chi connectivity index (χ3v) is 7.92. The van der Waals surface area contributed by atoms with Crippen molar-refractivity contribution < 1.29 is 21.9 Å². The maximum absolute atomic E-state index is 13.5. The number of fused-ring (bicyclic) bond motifs is 1. The van der Waals surface area contributed by atoms with Crippen molar-refractivity contribution in [2.24, 2.45) is 0 Å². The molecule has 0 unspecified atom stereocenters. The Morgan fingerprint density at radius 3 is 2.24 bits per heavy atom. The number of sulfonamides is 1. The minimum atomic E-state index is -3.89. The van der Waals surface area contributed by atoms with Crippen molar-refractivity contribution in [3.05, 3.63) is 107 Å². The molecule has 1 aliphatic heterocycles. The van der Waals surface area contributed by atoms with E-state index in [-0.39, 0.29) is 23.9 Å². The van der Waals surface area contributed by atoms with Crippen LogP contribution in [0.5, 0.6) is 11.6 Å². The van der Waals surface area contributed by atoms with Gasteiger partial charge in [0.05, 0.1) is 16.2 Å². The molecule has 0 fully saturated rings. The van der Waals surface area contributed by atoms with Crippen molar-refractivity contribution in [3.63, 3.8) is 0 Å². The molecule has 0 radical (unpaired) electrons. The Balaban J connectivity index is 1.50. The zero-order chi connectivity index (χ0) is 26.0. The number of benzene rings is 3. The lowest BCUT2D eigenvalue weighted by molar-refractivity contribution is 0.369. The van der Waals surface area contributed by atoms with Gasteiger partial charge in [0.2, 0.25) is 21.9 Å². The minimum Gasteiger partial charge on any atom is -0.438 e. The van der Waals surface area contributed by atoms with Crippen LogP contribution in [0.1, 0.15) is 16.8 Å². The Bertz CT molecular complexity index is 1500. The van der Waals surface area contributed by atoms with E-state index in [1.807, 2.05) is 42.3 Å². The lowest BCUT2D eigenvalue weighted by Gasteiger charge is -2.29. The van der Waals surface area contributed by atoms with E-state index in [0.717, 1.165) is 17.7 Å². The number of anilines is 1. The van der Waals surface area contributed by atoms with Crippen LogP contribution in [-0.2, 0) is 29.5 Å². The number of hydrogen-bond donors (Lipinski definition) is 0. The molecule has 0 saturated heterocycles. The van der Waals surface area contributed by atoms with Gasteiger partial charge >= 0.3 is 0 Å².